The summed E-state index contributed by atoms with van der Waals surface area (Å²) in [4.78, 5) is 12.6. The highest BCUT2D eigenvalue weighted by molar-refractivity contribution is 5.67. The van der Waals surface area contributed by atoms with Gasteiger partial charge in [0, 0.05) is 6.54 Å². The van der Waals surface area contributed by atoms with E-state index in [1.54, 1.807) is 0 Å². The van der Waals surface area contributed by atoms with Crippen molar-refractivity contribution in [3.05, 3.63) is 0 Å². The highest BCUT2D eigenvalue weighted by atomic mass is 16.4. The van der Waals surface area contributed by atoms with Crippen LogP contribution >= 0.6 is 0 Å². The van der Waals surface area contributed by atoms with Crippen molar-refractivity contribution >= 4 is 5.97 Å². The smallest absolute Gasteiger partial charge is 0.306 e. The second-order valence-corrected chi connectivity index (χ2v) is 4.66. The molecule has 0 amide bonds. The number of nitrogens with one attached hydrogen (secondary N) is 1. The van der Waals surface area contributed by atoms with Crippen molar-refractivity contribution in [2.45, 2.75) is 25.4 Å². The van der Waals surface area contributed by atoms with E-state index in [2.05, 4.69) is 17.3 Å². The topological polar surface area (TPSA) is 72.8 Å². The van der Waals surface area contributed by atoms with Crippen LogP contribution in [0.2, 0.25) is 0 Å². The van der Waals surface area contributed by atoms with Crippen molar-refractivity contribution in [1.82, 2.24) is 10.2 Å². The Labute approximate surface area is 96.4 Å². The molecule has 94 valence electrons. The summed E-state index contributed by atoms with van der Waals surface area (Å²) in [5.41, 5.74) is 0. The van der Waals surface area contributed by atoms with Crippen LogP contribution in [0.15, 0.2) is 0 Å². The first-order chi connectivity index (χ1) is 7.58. The Kier molecular flexibility index (Phi) is 5.73. The van der Waals surface area contributed by atoms with E-state index in [4.69, 9.17) is 5.11 Å². The minimum Gasteiger partial charge on any atom is -0.481 e. The maximum Gasteiger partial charge on any atom is 0.306 e. The average Bonchev–Trinajstić information content (AvgIpc) is 2.20. The molecule has 1 saturated heterocycles. The molecule has 0 aromatic heterocycles. The Balaban J connectivity index is 2.04. The summed E-state index contributed by atoms with van der Waals surface area (Å²) in [6, 6.07) is 0. The molecule has 0 saturated carbocycles. The molecule has 5 nitrogen and oxygen atoms in total. The lowest BCUT2D eigenvalue weighted by atomic mass is 9.97. The van der Waals surface area contributed by atoms with E-state index in [1.807, 2.05) is 0 Å². The summed E-state index contributed by atoms with van der Waals surface area (Å²) in [6.45, 7) is 3.51. The van der Waals surface area contributed by atoms with Crippen LogP contribution in [0.1, 0.15) is 19.3 Å². The maximum atomic E-state index is 10.3. The molecule has 5 heteroatoms. The third kappa shape index (κ3) is 5.44. The van der Waals surface area contributed by atoms with Crippen LogP contribution in [0, 0.1) is 5.92 Å². The third-order valence-corrected chi connectivity index (χ3v) is 3.06. The molecule has 0 bridgehead atoms. The van der Waals surface area contributed by atoms with Gasteiger partial charge in [-0.1, -0.05) is 0 Å². The van der Waals surface area contributed by atoms with Gasteiger partial charge in [-0.2, -0.15) is 0 Å². The normalized spacial score (nSPS) is 20.9. The minimum absolute atomic E-state index is 0.180. The summed E-state index contributed by atoms with van der Waals surface area (Å²) >= 11 is 0. The van der Waals surface area contributed by atoms with E-state index >= 15 is 0 Å². The molecular formula is C11H22N2O3. The molecule has 0 radical (unpaired) electrons. The summed E-state index contributed by atoms with van der Waals surface area (Å²) < 4.78 is 0. The summed E-state index contributed by atoms with van der Waals surface area (Å²) in [5.74, 6) is -0.290. The van der Waals surface area contributed by atoms with E-state index < -0.39 is 12.1 Å². The second-order valence-electron chi connectivity index (χ2n) is 4.66. The number of likely N-dealkylation sites (tertiary alicyclic amines) is 1. The minimum atomic E-state index is -0.950. The molecule has 0 spiro atoms. The van der Waals surface area contributed by atoms with Gasteiger partial charge in [-0.15, -0.1) is 0 Å². The summed E-state index contributed by atoms with van der Waals surface area (Å²) in [6.07, 6.45) is 1.40. The van der Waals surface area contributed by atoms with E-state index in [1.165, 1.54) is 12.8 Å². The van der Waals surface area contributed by atoms with Gasteiger partial charge in [0.15, 0.2) is 0 Å². The van der Waals surface area contributed by atoms with Crippen LogP contribution in [0.4, 0.5) is 0 Å². The van der Waals surface area contributed by atoms with E-state index in [9.17, 15) is 9.90 Å². The number of hydrogen-bond acceptors (Lipinski definition) is 4. The number of carboxylic acid groups (broad SMARTS) is 1. The van der Waals surface area contributed by atoms with E-state index in [0.29, 0.717) is 12.5 Å². The van der Waals surface area contributed by atoms with Gasteiger partial charge in [0.1, 0.15) is 0 Å². The predicted molar refractivity (Wildman–Crippen MR) is 61.4 cm³/mol. The average molecular weight is 230 g/mol. The van der Waals surface area contributed by atoms with Crippen LogP contribution in [0.25, 0.3) is 0 Å². The molecule has 16 heavy (non-hydrogen) atoms. The Morgan fingerprint density at radius 1 is 1.50 bits per heavy atom. The second kappa shape index (κ2) is 6.83. The molecule has 1 unspecified atom stereocenters. The number of hydrogen-bond donors (Lipinski definition) is 3. The Hall–Kier alpha value is -0.650. The van der Waals surface area contributed by atoms with Crippen molar-refractivity contribution in [3.8, 4) is 0 Å². The van der Waals surface area contributed by atoms with Crippen LogP contribution in [0.3, 0.4) is 0 Å². The fourth-order valence-electron chi connectivity index (χ4n) is 1.99. The molecule has 1 heterocycles. The van der Waals surface area contributed by atoms with Crippen LogP contribution in [-0.2, 0) is 4.79 Å². The molecule has 1 atom stereocenters. The molecule has 1 aliphatic rings. The van der Waals surface area contributed by atoms with Gasteiger partial charge in [-0.05, 0) is 45.4 Å². The van der Waals surface area contributed by atoms with E-state index in [0.717, 1.165) is 19.6 Å². The van der Waals surface area contributed by atoms with Gasteiger partial charge in [-0.3, -0.25) is 4.79 Å². The van der Waals surface area contributed by atoms with Crippen LogP contribution in [-0.4, -0.2) is 60.4 Å². The van der Waals surface area contributed by atoms with Crippen LogP contribution in [0.5, 0.6) is 0 Å². The fraction of sp³-hybridized carbons (Fsp3) is 0.909. The molecule has 1 aliphatic heterocycles. The molecule has 1 rings (SSSR count). The lowest BCUT2D eigenvalue weighted by Crippen LogP contribution is -2.37. The number of aliphatic carboxylic acids is 1. The van der Waals surface area contributed by atoms with Gasteiger partial charge in [0.2, 0.25) is 0 Å². The summed E-state index contributed by atoms with van der Waals surface area (Å²) in [5, 5.41) is 21.0. The molecule has 0 aliphatic carbocycles. The quantitative estimate of drug-likeness (QED) is 0.587. The largest absolute Gasteiger partial charge is 0.481 e. The lowest BCUT2D eigenvalue weighted by molar-refractivity contribution is -0.139. The number of aliphatic hydroxyl groups excluding tert-OH is 1. The first-order valence-corrected chi connectivity index (χ1v) is 5.87. The molecule has 1 fully saturated rings. The van der Waals surface area contributed by atoms with Crippen molar-refractivity contribution in [1.29, 1.82) is 0 Å². The Morgan fingerprint density at radius 2 is 2.12 bits per heavy atom. The fourth-order valence-corrected chi connectivity index (χ4v) is 1.99. The van der Waals surface area contributed by atoms with Gasteiger partial charge in [0.05, 0.1) is 12.5 Å². The monoisotopic (exact) mass is 230 g/mol. The van der Waals surface area contributed by atoms with Crippen molar-refractivity contribution in [3.63, 3.8) is 0 Å². The standard InChI is InChI=1S/C11H22N2O3/c1-13-4-2-9(3-5-13)7-12-8-10(14)6-11(15)16/h9-10,12,14H,2-8H2,1H3,(H,15,16). The first kappa shape index (κ1) is 13.4. The molecule has 0 aromatic carbocycles. The Morgan fingerprint density at radius 3 is 2.69 bits per heavy atom. The zero-order valence-electron chi connectivity index (χ0n) is 9.85. The number of aliphatic hydroxyl groups is 1. The van der Waals surface area contributed by atoms with Gasteiger partial charge in [0.25, 0.3) is 0 Å². The number of nitrogens with zero attached hydrogens (tertiary/aromatic N) is 1. The maximum absolute atomic E-state index is 10.3. The predicted octanol–water partition coefficient (Wildman–Crippen LogP) is -0.247. The zero-order chi connectivity index (χ0) is 12.0. The first-order valence-electron chi connectivity index (χ1n) is 5.87. The molecular weight excluding hydrogens is 208 g/mol. The zero-order valence-corrected chi connectivity index (χ0v) is 9.85. The van der Waals surface area contributed by atoms with Crippen molar-refractivity contribution < 1.29 is 15.0 Å². The summed E-state index contributed by atoms with van der Waals surface area (Å²) in [7, 11) is 2.13. The third-order valence-electron chi connectivity index (χ3n) is 3.06. The van der Waals surface area contributed by atoms with Crippen molar-refractivity contribution in [2.75, 3.05) is 33.2 Å². The van der Waals surface area contributed by atoms with Crippen LogP contribution < -0.4 is 5.32 Å². The van der Waals surface area contributed by atoms with Gasteiger partial charge < -0.3 is 20.4 Å². The number of piperidine rings is 1. The van der Waals surface area contributed by atoms with Crippen molar-refractivity contribution in [2.24, 2.45) is 5.92 Å². The Bertz CT molecular complexity index is 215. The highest BCUT2D eigenvalue weighted by Gasteiger charge is 2.16. The van der Waals surface area contributed by atoms with Gasteiger partial charge >= 0.3 is 5.97 Å². The SMILES string of the molecule is CN1CCC(CNCC(O)CC(=O)O)CC1. The molecule has 3 N–H and O–H groups in total. The number of carboxylic acids is 1. The van der Waals surface area contributed by atoms with E-state index in [-0.39, 0.29) is 6.42 Å². The number of carbonyl (C=O) groups is 1. The lowest BCUT2D eigenvalue weighted by Gasteiger charge is -2.29. The molecule has 0 aromatic rings. The number of rotatable bonds is 6. The van der Waals surface area contributed by atoms with Gasteiger partial charge in [-0.25, -0.2) is 0 Å². The highest BCUT2D eigenvalue weighted by Crippen LogP contribution is 2.14.